The van der Waals surface area contributed by atoms with Gasteiger partial charge in [-0.3, -0.25) is 4.79 Å². The minimum atomic E-state index is -0.409. The van der Waals surface area contributed by atoms with E-state index in [1.54, 1.807) is 0 Å². The van der Waals surface area contributed by atoms with E-state index in [1.807, 2.05) is 33.8 Å². The maximum absolute atomic E-state index is 12.0. The molecule has 4 nitrogen and oxygen atoms in total. The van der Waals surface area contributed by atoms with Crippen LogP contribution in [0.3, 0.4) is 0 Å². The Bertz CT molecular complexity index is 438. The van der Waals surface area contributed by atoms with Crippen LogP contribution in [0.2, 0.25) is 5.15 Å². The number of aliphatic hydroxyl groups is 1. The number of aliphatic hydroxyl groups excluding tert-OH is 1. The van der Waals surface area contributed by atoms with Crippen molar-refractivity contribution in [2.75, 3.05) is 6.54 Å². The van der Waals surface area contributed by atoms with E-state index in [-0.39, 0.29) is 17.0 Å². The summed E-state index contributed by atoms with van der Waals surface area (Å²) in [5, 5.41) is 12.6. The lowest BCUT2D eigenvalue weighted by atomic mass is 10.0. The first-order chi connectivity index (χ1) is 8.82. The third kappa shape index (κ3) is 4.48. The van der Waals surface area contributed by atoms with Gasteiger partial charge in [0.2, 0.25) is 0 Å². The normalized spacial score (nSPS) is 12.6. The number of hydrogen-bond acceptors (Lipinski definition) is 3. The van der Waals surface area contributed by atoms with E-state index >= 15 is 0 Å². The summed E-state index contributed by atoms with van der Waals surface area (Å²) in [5.41, 5.74) is 2.00. The molecule has 0 spiro atoms. The Morgan fingerprint density at radius 3 is 2.63 bits per heavy atom. The van der Waals surface area contributed by atoms with E-state index in [0.717, 1.165) is 11.3 Å². The predicted octanol–water partition coefficient (Wildman–Crippen LogP) is 2.49. The fraction of sp³-hybridized carbons (Fsp3) is 0.571. The predicted molar refractivity (Wildman–Crippen MR) is 76.5 cm³/mol. The Morgan fingerprint density at radius 2 is 2.11 bits per heavy atom. The molecule has 1 unspecified atom stereocenters. The van der Waals surface area contributed by atoms with Crippen molar-refractivity contribution in [3.63, 3.8) is 0 Å². The summed E-state index contributed by atoms with van der Waals surface area (Å²) in [6, 6.07) is 1.82. The van der Waals surface area contributed by atoms with Crippen molar-refractivity contribution in [1.82, 2.24) is 10.3 Å². The van der Waals surface area contributed by atoms with Crippen LogP contribution in [0.5, 0.6) is 0 Å². The zero-order valence-corrected chi connectivity index (χ0v) is 12.6. The molecular formula is C14H21ClN2O2. The zero-order valence-electron chi connectivity index (χ0n) is 11.8. The highest BCUT2D eigenvalue weighted by molar-refractivity contribution is 6.32. The third-order valence-electron chi connectivity index (χ3n) is 3.02. The van der Waals surface area contributed by atoms with Gasteiger partial charge < -0.3 is 10.4 Å². The molecule has 5 heteroatoms. The smallest absolute Gasteiger partial charge is 0.254 e. The molecule has 0 aliphatic carbocycles. The molecule has 0 fully saturated rings. The van der Waals surface area contributed by atoms with E-state index < -0.39 is 6.10 Å². The Labute approximate surface area is 119 Å². The fourth-order valence-electron chi connectivity index (χ4n) is 1.82. The van der Waals surface area contributed by atoms with Gasteiger partial charge in [0.15, 0.2) is 0 Å². The number of aromatic nitrogens is 1. The highest BCUT2D eigenvalue weighted by Gasteiger charge is 2.16. The Hall–Kier alpha value is -1.13. The van der Waals surface area contributed by atoms with Gasteiger partial charge in [-0.1, -0.05) is 25.4 Å². The quantitative estimate of drug-likeness (QED) is 0.817. The molecule has 1 aromatic heterocycles. The molecule has 0 aliphatic heterocycles. The molecule has 1 amide bonds. The van der Waals surface area contributed by atoms with Gasteiger partial charge in [0, 0.05) is 12.2 Å². The largest absolute Gasteiger partial charge is 0.393 e. The second-order valence-corrected chi connectivity index (χ2v) is 5.46. The molecule has 0 bridgehead atoms. The molecule has 1 aromatic rings. The van der Waals surface area contributed by atoms with Crippen LogP contribution in [0, 0.1) is 19.8 Å². The van der Waals surface area contributed by atoms with Crippen LogP contribution in [-0.2, 0) is 0 Å². The molecule has 1 heterocycles. The number of rotatable bonds is 5. The molecule has 0 radical (unpaired) electrons. The number of nitrogens with one attached hydrogen (secondary N) is 1. The molecular weight excluding hydrogens is 264 g/mol. The van der Waals surface area contributed by atoms with Crippen LogP contribution in [0.1, 0.15) is 41.9 Å². The molecule has 106 valence electrons. The number of halogens is 1. The average Bonchev–Trinajstić information content (AvgIpc) is 2.26. The number of pyridine rings is 1. The Kier molecular flexibility index (Phi) is 5.76. The van der Waals surface area contributed by atoms with Crippen LogP contribution >= 0.6 is 11.6 Å². The van der Waals surface area contributed by atoms with Crippen molar-refractivity contribution in [2.45, 2.75) is 40.2 Å². The summed E-state index contributed by atoms with van der Waals surface area (Å²) in [4.78, 5) is 16.1. The second kappa shape index (κ2) is 6.87. The molecule has 1 atom stereocenters. The van der Waals surface area contributed by atoms with Crippen LogP contribution in [0.4, 0.5) is 0 Å². The van der Waals surface area contributed by atoms with Gasteiger partial charge in [-0.25, -0.2) is 4.98 Å². The van der Waals surface area contributed by atoms with Gasteiger partial charge in [-0.2, -0.15) is 0 Å². The summed E-state index contributed by atoms with van der Waals surface area (Å²) in [5.74, 6) is -0.0609. The highest BCUT2D eigenvalue weighted by Crippen LogP contribution is 2.18. The van der Waals surface area contributed by atoms with Crippen LogP contribution < -0.4 is 5.32 Å². The van der Waals surface area contributed by atoms with Crippen molar-refractivity contribution in [1.29, 1.82) is 0 Å². The van der Waals surface area contributed by atoms with Crippen LogP contribution in [-0.4, -0.2) is 28.6 Å². The molecule has 1 rings (SSSR count). The number of carbonyl (C=O) groups excluding carboxylic acids is 1. The van der Waals surface area contributed by atoms with E-state index in [0.29, 0.717) is 18.5 Å². The SMILES string of the molecule is Cc1cc(C)c(C(=O)NCCC(O)C(C)C)c(Cl)n1. The number of nitrogens with zero attached hydrogens (tertiary/aromatic N) is 1. The summed E-state index contributed by atoms with van der Waals surface area (Å²) < 4.78 is 0. The van der Waals surface area contributed by atoms with Crippen molar-refractivity contribution in [2.24, 2.45) is 5.92 Å². The zero-order chi connectivity index (χ0) is 14.6. The van der Waals surface area contributed by atoms with Crippen molar-refractivity contribution < 1.29 is 9.90 Å². The molecule has 0 aliphatic rings. The standard InChI is InChI=1S/C14H21ClN2O2/c1-8(2)11(18)5-6-16-14(19)12-9(3)7-10(4)17-13(12)15/h7-8,11,18H,5-6H2,1-4H3,(H,16,19). The lowest BCUT2D eigenvalue weighted by Gasteiger charge is -2.15. The van der Waals surface area contributed by atoms with E-state index in [4.69, 9.17) is 11.6 Å². The van der Waals surface area contributed by atoms with Crippen molar-refractivity contribution in [3.8, 4) is 0 Å². The van der Waals surface area contributed by atoms with Gasteiger partial charge in [-0.05, 0) is 37.8 Å². The van der Waals surface area contributed by atoms with E-state index in [1.165, 1.54) is 0 Å². The van der Waals surface area contributed by atoms with E-state index in [9.17, 15) is 9.90 Å². The summed E-state index contributed by atoms with van der Waals surface area (Å²) in [7, 11) is 0. The Morgan fingerprint density at radius 1 is 1.47 bits per heavy atom. The third-order valence-corrected chi connectivity index (χ3v) is 3.30. The first kappa shape index (κ1) is 15.9. The van der Waals surface area contributed by atoms with Gasteiger partial charge in [0.1, 0.15) is 5.15 Å². The second-order valence-electron chi connectivity index (χ2n) is 5.10. The van der Waals surface area contributed by atoms with Crippen LogP contribution in [0.25, 0.3) is 0 Å². The average molecular weight is 285 g/mol. The number of amides is 1. The van der Waals surface area contributed by atoms with Crippen LogP contribution in [0.15, 0.2) is 6.07 Å². The first-order valence-electron chi connectivity index (χ1n) is 6.43. The first-order valence-corrected chi connectivity index (χ1v) is 6.80. The summed E-state index contributed by atoms with van der Waals surface area (Å²) in [6.07, 6.45) is 0.118. The fourth-order valence-corrected chi connectivity index (χ4v) is 2.19. The monoisotopic (exact) mass is 284 g/mol. The van der Waals surface area contributed by atoms with Gasteiger partial charge >= 0.3 is 0 Å². The maximum atomic E-state index is 12.0. The molecule has 0 saturated heterocycles. The topological polar surface area (TPSA) is 62.2 Å². The molecule has 0 saturated carbocycles. The minimum Gasteiger partial charge on any atom is -0.393 e. The van der Waals surface area contributed by atoms with Crippen molar-refractivity contribution >= 4 is 17.5 Å². The van der Waals surface area contributed by atoms with E-state index in [2.05, 4.69) is 10.3 Å². The maximum Gasteiger partial charge on any atom is 0.254 e. The summed E-state index contributed by atoms with van der Waals surface area (Å²) in [6.45, 7) is 7.97. The highest BCUT2D eigenvalue weighted by atomic mass is 35.5. The summed E-state index contributed by atoms with van der Waals surface area (Å²) >= 11 is 6.00. The number of aryl methyl sites for hydroxylation is 2. The van der Waals surface area contributed by atoms with Crippen molar-refractivity contribution in [3.05, 3.63) is 28.0 Å². The van der Waals surface area contributed by atoms with Gasteiger partial charge in [0.05, 0.1) is 11.7 Å². The number of hydrogen-bond donors (Lipinski definition) is 2. The molecule has 19 heavy (non-hydrogen) atoms. The van der Waals surface area contributed by atoms with Gasteiger partial charge in [0.25, 0.3) is 5.91 Å². The number of carbonyl (C=O) groups is 1. The lowest BCUT2D eigenvalue weighted by Crippen LogP contribution is -2.29. The Balaban J connectivity index is 2.64. The molecule has 0 aromatic carbocycles. The molecule has 2 N–H and O–H groups in total. The minimum absolute atomic E-state index is 0.184. The lowest BCUT2D eigenvalue weighted by molar-refractivity contribution is 0.0919. The van der Waals surface area contributed by atoms with Gasteiger partial charge in [-0.15, -0.1) is 0 Å².